The van der Waals surface area contributed by atoms with E-state index in [2.05, 4.69) is 10.2 Å². The molecule has 0 radical (unpaired) electrons. The van der Waals surface area contributed by atoms with Crippen molar-refractivity contribution in [3.8, 4) is 0 Å². The minimum atomic E-state index is -0.742. The van der Waals surface area contributed by atoms with Gasteiger partial charge < -0.3 is 4.42 Å². The first-order valence-corrected chi connectivity index (χ1v) is 8.21. The molecule has 1 saturated heterocycles. The first-order chi connectivity index (χ1) is 11.0. The molecule has 1 aliphatic heterocycles. The molecule has 8 nitrogen and oxygen atoms in total. The van der Waals surface area contributed by atoms with Gasteiger partial charge in [0.15, 0.2) is 5.78 Å². The van der Waals surface area contributed by atoms with Crippen molar-refractivity contribution in [3.05, 3.63) is 42.9 Å². The second kappa shape index (κ2) is 6.05. The predicted molar refractivity (Wildman–Crippen MR) is 85.7 cm³/mol. The third kappa shape index (κ3) is 2.94. The Morgan fingerprint density at radius 2 is 2.26 bits per heavy atom. The molecular formula is C13H10N4O4S2. The lowest BCUT2D eigenvalue weighted by Crippen LogP contribution is -2.11. The lowest BCUT2D eigenvalue weighted by molar-refractivity contribution is -0.402. The van der Waals surface area contributed by atoms with Crippen LogP contribution in [0.1, 0.15) is 28.6 Å². The Kier molecular flexibility index (Phi) is 4.09. The van der Waals surface area contributed by atoms with Crippen molar-refractivity contribution >= 4 is 45.9 Å². The molecule has 3 heterocycles. The number of hydrogen-bond donors (Lipinski definition) is 1. The summed E-state index contributed by atoms with van der Waals surface area (Å²) in [4.78, 5) is 22.8. The van der Waals surface area contributed by atoms with Crippen LogP contribution >= 0.6 is 23.1 Å². The molecule has 0 spiro atoms. The Balaban J connectivity index is 1.88. The molecule has 0 saturated carbocycles. The zero-order valence-electron chi connectivity index (χ0n) is 11.8. The third-order valence-electron chi connectivity index (χ3n) is 3.08. The van der Waals surface area contributed by atoms with E-state index in [4.69, 9.17) is 9.83 Å². The maximum Gasteiger partial charge on any atom is 0.433 e. The van der Waals surface area contributed by atoms with Crippen LogP contribution in [0.3, 0.4) is 0 Å². The van der Waals surface area contributed by atoms with Crippen molar-refractivity contribution in [2.45, 2.75) is 19.3 Å². The van der Waals surface area contributed by atoms with Crippen LogP contribution in [-0.4, -0.2) is 25.9 Å². The Morgan fingerprint density at radius 3 is 2.87 bits per heavy atom. The van der Waals surface area contributed by atoms with Gasteiger partial charge in [-0.15, -0.1) is 21.5 Å². The van der Waals surface area contributed by atoms with Crippen LogP contribution < -0.4 is 0 Å². The predicted octanol–water partition coefficient (Wildman–Crippen LogP) is 3.02. The fraction of sp³-hybridized carbons (Fsp3) is 0.231. The van der Waals surface area contributed by atoms with E-state index in [1.54, 1.807) is 0 Å². The number of rotatable bonds is 4. The molecule has 118 valence electrons. The first kappa shape index (κ1) is 15.6. The number of nitrogens with zero attached hydrogens (tertiary/aromatic N) is 3. The van der Waals surface area contributed by atoms with Crippen molar-refractivity contribution in [1.82, 2.24) is 10.2 Å². The zero-order chi connectivity index (χ0) is 16.6. The Hall–Kier alpha value is -2.33. The average Bonchev–Trinajstić information content (AvgIpc) is 3.20. The van der Waals surface area contributed by atoms with Gasteiger partial charge in [0.25, 0.3) is 0 Å². The van der Waals surface area contributed by atoms with E-state index in [0.717, 1.165) is 23.2 Å². The van der Waals surface area contributed by atoms with Crippen LogP contribution in [0, 0.1) is 15.5 Å². The number of thioether (sulfide) groups is 1. The fourth-order valence-electron chi connectivity index (χ4n) is 1.99. The van der Waals surface area contributed by atoms with Crippen molar-refractivity contribution in [2.75, 3.05) is 0 Å². The van der Waals surface area contributed by atoms with Crippen LogP contribution in [0.2, 0.25) is 0 Å². The Labute approximate surface area is 138 Å². The first-order valence-electron chi connectivity index (χ1n) is 6.58. The van der Waals surface area contributed by atoms with Crippen molar-refractivity contribution in [1.29, 1.82) is 5.41 Å². The van der Waals surface area contributed by atoms with E-state index in [0.29, 0.717) is 9.91 Å². The third-order valence-corrected chi connectivity index (χ3v) is 5.21. The number of allylic oxidation sites excluding steroid dienone is 1. The summed E-state index contributed by atoms with van der Waals surface area (Å²) in [5.74, 6) is -1.20. The van der Waals surface area contributed by atoms with Crippen molar-refractivity contribution < 1.29 is 14.1 Å². The zero-order valence-corrected chi connectivity index (χ0v) is 13.4. The number of aryl methyl sites for hydroxylation is 1. The molecule has 0 aromatic carbocycles. The van der Waals surface area contributed by atoms with Gasteiger partial charge in [-0.05, 0) is 18.6 Å². The lowest BCUT2D eigenvalue weighted by atomic mass is 10.1. The van der Waals surface area contributed by atoms with Gasteiger partial charge in [-0.25, -0.2) is 0 Å². The molecule has 0 amide bonds. The summed E-state index contributed by atoms with van der Waals surface area (Å²) >= 11 is 2.33. The molecule has 1 N–H and O–H groups in total. The molecule has 1 aliphatic rings. The highest BCUT2D eigenvalue weighted by Gasteiger charge is 2.39. The highest BCUT2D eigenvalue weighted by atomic mass is 32.2. The van der Waals surface area contributed by atoms with E-state index in [1.807, 2.05) is 6.92 Å². The van der Waals surface area contributed by atoms with Gasteiger partial charge in [-0.2, -0.15) is 0 Å². The molecule has 23 heavy (non-hydrogen) atoms. The number of Topliss-reactive ketones (excluding diaryl/α,β-unsaturated/α-hetero) is 1. The molecule has 3 rings (SSSR count). The van der Waals surface area contributed by atoms with Crippen LogP contribution in [0.15, 0.2) is 21.5 Å². The summed E-state index contributed by atoms with van der Waals surface area (Å²) in [5, 5.41) is 28.1. The highest BCUT2D eigenvalue weighted by Crippen LogP contribution is 2.41. The molecule has 1 atom stereocenters. The van der Waals surface area contributed by atoms with Crippen molar-refractivity contribution in [3.63, 3.8) is 0 Å². The molecule has 1 fully saturated rings. The van der Waals surface area contributed by atoms with Crippen molar-refractivity contribution in [2.24, 2.45) is 0 Å². The molecule has 0 unspecified atom stereocenters. The monoisotopic (exact) mass is 350 g/mol. The second-order valence-electron chi connectivity index (χ2n) is 4.59. The molecule has 2 aromatic heterocycles. The minimum Gasteiger partial charge on any atom is -0.401 e. The quantitative estimate of drug-likeness (QED) is 0.510. The van der Waals surface area contributed by atoms with Gasteiger partial charge in [-0.3, -0.25) is 20.3 Å². The van der Waals surface area contributed by atoms with E-state index >= 15 is 0 Å². The van der Waals surface area contributed by atoms with Crippen LogP contribution in [0.5, 0.6) is 0 Å². The van der Waals surface area contributed by atoms with E-state index in [9.17, 15) is 14.9 Å². The van der Waals surface area contributed by atoms with Gasteiger partial charge in [0.1, 0.15) is 26.6 Å². The topological polar surface area (TPSA) is 123 Å². The maximum atomic E-state index is 12.5. The number of carbonyl (C=O) groups is 1. The minimum absolute atomic E-state index is 0.168. The van der Waals surface area contributed by atoms with Gasteiger partial charge in [0, 0.05) is 0 Å². The highest BCUT2D eigenvalue weighted by molar-refractivity contribution is 8.19. The summed E-state index contributed by atoms with van der Waals surface area (Å²) in [6.45, 7) is 1.94. The van der Waals surface area contributed by atoms with Gasteiger partial charge in [-0.1, -0.05) is 18.7 Å². The summed E-state index contributed by atoms with van der Waals surface area (Å²) < 4.78 is 5.02. The number of nitrogens with one attached hydrogen (secondary N) is 1. The smallest absolute Gasteiger partial charge is 0.401 e. The number of hydrogen-bond acceptors (Lipinski definition) is 9. The standard InChI is InChI=1S/C13H10N4O4S2/c1-2-8-15-16-13(23-8)10-11(18)7(22-12(10)14)5-6-3-4-9(21-6)17(19)20/h3-5,10,14H,2H2,1H3/b7-5-,14-12?/t10-/m1/s1. The van der Waals surface area contributed by atoms with Gasteiger partial charge in [0.2, 0.25) is 0 Å². The average molecular weight is 350 g/mol. The van der Waals surface area contributed by atoms with Crippen LogP contribution in [-0.2, 0) is 11.2 Å². The fourth-order valence-corrected chi connectivity index (χ4v) is 3.92. The molecule has 0 bridgehead atoms. The van der Waals surface area contributed by atoms with Crippen LogP contribution in [0.25, 0.3) is 6.08 Å². The number of carbonyl (C=O) groups excluding carboxylic acids is 1. The van der Waals surface area contributed by atoms with E-state index in [-0.39, 0.29) is 16.6 Å². The molecular weight excluding hydrogens is 340 g/mol. The lowest BCUT2D eigenvalue weighted by Gasteiger charge is -2.00. The number of nitro groups is 1. The normalized spacial score (nSPS) is 19.7. The van der Waals surface area contributed by atoms with E-state index < -0.39 is 16.7 Å². The summed E-state index contributed by atoms with van der Waals surface area (Å²) in [6, 6.07) is 2.63. The summed E-state index contributed by atoms with van der Waals surface area (Å²) in [6.07, 6.45) is 2.13. The van der Waals surface area contributed by atoms with Gasteiger partial charge in [0.05, 0.1) is 16.0 Å². The number of aromatic nitrogens is 2. The van der Waals surface area contributed by atoms with Gasteiger partial charge >= 0.3 is 5.88 Å². The van der Waals surface area contributed by atoms with E-state index in [1.165, 1.54) is 29.5 Å². The number of furan rings is 1. The number of ketones is 1. The molecule has 2 aromatic rings. The second-order valence-corrected chi connectivity index (χ2v) is 6.77. The summed E-state index contributed by atoms with van der Waals surface area (Å²) in [7, 11) is 0. The molecule has 0 aliphatic carbocycles. The van der Waals surface area contributed by atoms with Crippen LogP contribution in [0.4, 0.5) is 5.88 Å². The SMILES string of the molecule is CCc1nnc([C@H]2C(=N)S/C(=C\c3ccc([N+](=O)[O-])o3)C2=O)s1. The Bertz CT molecular complexity index is 839. The molecule has 10 heteroatoms. The Morgan fingerprint density at radius 1 is 1.48 bits per heavy atom. The maximum absolute atomic E-state index is 12.5. The largest absolute Gasteiger partial charge is 0.433 e. The summed E-state index contributed by atoms with van der Waals surface area (Å²) in [5.41, 5.74) is 0.